The molecule has 2 N–H and O–H groups in total. The average Bonchev–Trinajstić information content (AvgIpc) is 3.36. The summed E-state index contributed by atoms with van der Waals surface area (Å²) < 4.78 is 2.76. The highest BCUT2D eigenvalue weighted by atomic mass is 16.2. The maximum absolute atomic E-state index is 13.4. The van der Waals surface area contributed by atoms with E-state index in [1.54, 1.807) is 41.1 Å². The van der Waals surface area contributed by atoms with Crippen molar-refractivity contribution in [3.8, 4) is 16.8 Å². The summed E-state index contributed by atoms with van der Waals surface area (Å²) in [6.45, 7) is 2.47. The summed E-state index contributed by atoms with van der Waals surface area (Å²) in [4.78, 5) is 40.5. The highest BCUT2D eigenvalue weighted by Crippen LogP contribution is 2.32. The van der Waals surface area contributed by atoms with Gasteiger partial charge in [-0.15, -0.1) is 0 Å². The van der Waals surface area contributed by atoms with Crippen molar-refractivity contribution in [2.45, 2.75) is 13.0 Å². The molecule has 1 fully saturated rings. The van der Waals surface area contributed by atoms with E-state index in [2.05, 4.69) is 5.10 Å². The number of hydrogen-bond acceptors (Lipinski definition) is 4. The molecule has 1 saturated heterocycles. The number of carbonyl (C=O) groups excluding carboxylic acids is 2. The van der Waals surface area contributed by atoms with Gasteiger partial charge in [0.2, 0.25) is 5.91 Å². The number of aromatic nitrogens is 3. The fraction of sp³-hybridized carbons (Fsp3) is 0.154. The van der Waals surface area contributed by atoms with E-state index in [1.807, 2.05) is 55.5 Å². The lowest BCUT2D eigenvalue weighted by Crippen LogP contribution is -2.34. The predicted octanol–water partition coefficient (Wildman–Crippen LogP) is 3.17. The van der Waals surface area contributed by atoms with E-state index in [-0.39, 0.29) is 17.8 Å². The fourth-order valence-electron chi connectivity index (χ4n) is 4.36. The van der Waals surface area contributed by atoms with Gasteiger partial charge in [-0.3, -0.25) is 14.6 Å². The Morgan fingerprint density at radius 3 is 2.31 bits per heavy atom. The van der Waals surface area contributed by atoms with Crippen molar-refractivity contribution in [3.05, 3.63) is 95.2 Å². The number of urea groups is 1. The van der Waals surface area contributed by atoms with E-state index in [9.17, 15) is 14.4 Å². The van der Waals surface area contributed by atoms with Crippen LogP contribution in [-0.2, 0) is 7.05 Å². The Bertz CT molecular complexity index is 1490. The second kappa shape index (κ2) is 8.60. The average molecular weight is 469 g/mol. The van der Waals surface area contributed by atoms with Crippen LogP contribution in [0, 0.1) is 0 Å². The Balaban J connectivity index is 1.42. The van der Waals surface area contributed by atoms with Gasteiger partial charge in [0, 0.05) is 30.5 Å². The Hall–Kier alpha value is -4.66. The zero-order valence-electron chi connectivity index (χ0n) is 19.3. The van der Waals surface area contributed by atoms with Gasteiger partial charge in [0.25, 0.3) is 0 Å². The van der Waals surface area contributed by atoms with Crippen LogP contribution in [0.15, 0.2) is 83.9 Å². The summed E-state index contributed by atoms with van der Waals surface area (Å²) in [5, 5.41) is 3.99. The van der Waals surface area contributed by atoms with E-state index in [0.717, 1.165) is 22.5 Å². The van der Waals surface area contributed by atoms with E-state index >= 15 is 0 Å². The smallest absolute Gasteiger partial charge is 0.350 e. The number of amides is 3. The molecular formula is C26H24N6O3. The van der Waals surface area contributed by atoms with Gasteiger partial charge in [0.15, 0.2) is 0 Å². The van der Waals surface area contributed by atoms with Gasteiger partial charge in [0.1, 0.15) is 6.33 Å². The summed E-state index contributed by atoms with van der Waals surface area (Å²) in [7, 11) is 1.61. The molecule has 1 aliphatic heterocycles. The first kappa shape index (κ1) is 22.1. The highest BCUT2D eigenvalue weighted by molar-refractivity contribution is 6.07. The Kier molecular flexibility index (Phi) is 5.44. The van der Waals surface area contributed by atoms with Gasteiger partial charge in [-0.1, -0.05) is 30.3 Å². The van der Waals surface area contributed by atoms with Gasteiger partial charge in [-0.05, 0) is 60.5 Å². The number of anilines is 2. The number of benzene rings is 3. The molecule has 3 amide bonds. The SMILES string of the molecule is CC1CN(c2cccc(C(N)=O)c2)C(=O)N1c1cccc(-c2ccc(-n3cnn(C)c3=O)cc2)c1. The molecule has 5 rings (SSSR count). The molecule has 0 spiro atoms. The summed E-state index contributed by atoms with van der Waals surface area (Å²) in [5.41, 5.74) is 9.60. The molecule has 0 radical (unpaired) electrons. The van der Waals surface area contributed by atoms with E-state index in [1.165, 1.54) is 15.6 Å². The lowest BCUT2D eigenvalue weighted by atomic mass is 10.0. The third-order valence-corrected chi connectivity index (χ3v) is 6.19. The Morgan fingerprint density at radius 2 is 1.63 bits per heavy atom. The second-order valence-electron chi connectivity index (χ2n) is 8.53. The third-order valence-electron chi connectivity index (χ3n) is 6.19. The molecule has 1 aliphatic rings. The molecule has 0 bridgehead atoms. The zero-order chi connectivity index (χ0) is 24.7. The summed E-state index contributed by atoms with van der Waals surface area (Å²) in [6.07, 6.45) is 1.49. The van der Waals surface area contributed by atoms with Crippen LogP contribution in [0.2, 0.25) is 0 Å². The first-order valence-electron chi connectivity index (χ1n) is 11.2. The topological polar surface area (TPSA) is 106 Å². The lowest BCUT2D eigenvalue weighted by Gasteiger charge is -2.22. The van der Waals surface area contributed by atoms with Crippen molar-refractivity contribution in [2.24, 2.45) is 12.8 Å². The van der Waals surface area contributed by atoms with E-state index in [0.29, 0.717) is 17.8 Å². The number of hydrogen-bond donors (Lipinski definition) is 1. The molecule has 0 saturated carbocycles. The van der Waals surface area contributed by atoms with Crippen LogP contribution in [0.25, 0.3) is 16.8 Å². The van der Waals surface area contributed by atoms with Crippen molar-refractivity contribution in [3.63, 3.8) is 0 Å². The molecule has 9 nitrogen and oxygen atoms in total. The molecule has 1 atom stereocenters. The van der Waals surface area contributed by atoms with Gasteiger partial charge >= 0.3 is 11.7 Å². The largest absolute Gasteiger partial charge is 0.366 e. The second-order valence-corrected chi connectivity index (χ2v) is 8.53. The summed E-state index contributed by atoms with van der Waals surface area (Å²) in [5.74, 6) is -0.532. The van der Waals surface area contributed by atoms with Crippen molar-refractivity contribution in [2.75, 3.05) is 16.3 Å². The Morgan fingerprint density at radius 1 is 0.914 bits per heavy atom. The van der Waals surface area contributed by atoms with Gasteiger partial charge in [-0.2, -0.15) is 5.10 Å². The monoisotopic (exact) mass is 468 g/mol. The number of nitrogens with zero attached hydrogens (tertiary/aromatic N) is 5. The quantitative estimate of drug-likeness (QED) is 0.485. The molecule has 4 aromatic rings. The summed E-state index contributed by atoms with van der Waals surface area (Å²) >= 11 is 0. The normalized spacial score (nSPS) is 15.6. The first-order valence-corrected chi connectivity index (χ1v) is 11.2. The molecule has 2 heterocycles. The lowest BCUT2D eigenvalue weighted by molar-refractivity contribution is 0.1000. The molecule has 3 aromatic carbocycles. The highest BCUT2D eigenvalue weighted by Gasteiger charge is 2.36. The van der Waals surface area contributed by atoms with Crippen LogP contribution in [0.5, 0.6) is 0 Å². The molecular weight excluding hydrogens is 444 g/mol. The third kappa shape index (κ3) is 3.97. The van der Waals surface area contributed by atoms with Crippen molar-refractivity contribution in [1.29, 1.82) is 0 Å². The van der Waals surface area contributed by atoms with Crippen LogP contribution in [0.4, 0.5) is 16.2 Å². The maximum Gasteiger partial charge on any atom is 0.350 e. The Labute approximate surface area is 201 Å². The van der Waals surface area contributed by atoms with Crippen LogP contribution in [-0.4, -0.2) is 38.9 Å². The van der Waals surface area contributed by atoms with Crippen LogP contribution in [0.3, 0.4) is 0 Å². The van der Waals surface area contributed by atoms with Gasteiger partial charge in [0.05, 0.1) is 11.7 Å². The number of aryl methyl sites for hydroxylation is 1. The van der Waals surface area contributed by atoms with Crippen molar-refractivity contribution < 1.29 is 9.59 Å². The molecule has 35 heavy (non-hydrogen) atoms. The number of carbonyl (C=O) groups is 2. The molecule has 1 unspecified atom stereocenters. The van der Waals surface area contributed by atoms with Crippen molar-refractivity contribution in [1.82, 2.24) is 14.3 Å². The molecule has 1 aromatic heterocycles. The molecule has 0 aliphatic carbocycles. The zero-order valence-corrected chi connectivity index (χ0v) is 19.3. The maximum atomic E-state index is 13.4. The fourth-order valence-corrected chi connectivity index (χ4v) is 4.36. The minimum Gasteiger partial charge on any atom is -0.366 e. The van der Waals surface area contributed by atoms with Crippen LogP contribution in [0.1, 0.15) is 17.3 Å². The predicted molar refractivity (Wildman–Crippen MR) is 134 cm³/mol. The van der Waals surface area contributed by atoms with Crippen LogP contribution < -0.4 is 21.2 Å². The number of nitrogens with two attached hydrogens (primary N) is 1. The van der Waals surface area contributed by atoms with Crippen molar-refractivity contribution >= 4 is 23.3 Å². The van der Waals surface area contributed by atoms with E-state index in [4.69, 9.17) is 5.73 Å². The molecule has 9 heteroatoms. The summed E-state index contributed by atoms with van der Waals surface area (Å²) in [6, 6.07) is 21.9. The first-order chi connectivity index (χ1) is 16.8. The van der Waals surface area contributed by atoms with Gasteiger partial charge < -0.3 is 5.73 Å². The van der Waals surface area contributed by atoms with Gasteiger partial charge in [-0.25, -0.2) is 18.8 Å². The van der Waals surface area contributed by atoms with E-state index < -0.39 is 5.91 Å². The number of rotatable bonds is 5. The van der Waals surface area contributed by atoms with Crippen LogP contribution >= 0.6 is 0 Å². The minimum absolute atomic E-state index is 0.0742. The standard InChI is InChI=1S/C26H24N6O3/c1-17-15-30(22-7-4-6-20(14-22)24(27)33)26(35)32(17)23-8-3-5-19(13-23)18-9-11-21(12-10-18)31-16-28-29(2)25(31)34/h3-14,16-17H,15H2,1-2H3,(H2,27,33). The number of primary amides is 1. The molecule has 176 valence electrons. The minimum atomic E-state index is -0.532.